The van der Waals surface area contributed by atoms with E-state index in [0.29, 0.717) is 58.0 Å². The van der Waals surface area contributed by atoms with E-state index in [2.05, 4.69) is 15.3 Å². The van der Waals surface area contributed by atoms with Gasteiger partial charge in [-0.15, -0.1) is 0 Å². The quantitative estimate of drug-likeness (QED) is 0.111. The predicted molar refractivity (Wildman–Crippen MR) is 104 cm³/mol. The molecule has 2 amide bonds. The fourth-order valence-electron chi connectivity index (χ4n) is 3.05. The lowest BCUT2D eigenvalue weighted by molar-refractivity contribution is -0.299. The molecule has 0 aromatic carbocycles. The van der Waals surface area contributed by atoms with E-state index in [9.17, 15) is 14.4 Å². The summed E-state index contributed by atoms with van der Waals surface area (Å²) in [5.74, 6) is -1.15. The van der Waals surface area contributed by atoms with Gasteiger partial charge in [0, 0.05) is 31.0 Å². The molecule has 0 aromatic rings. The number of rotatable bonds is 14. The molecule has 0 aromatic heterocycles. The molecule has 1 rings (SSSR count). The van der Waals surface area contributed by atoms with Crippen molar-refractivity contribution in [3.05, 3.63) is 10.4 Å². The van der Waals surface area contributed by atoms with Gasteiger partial charge in [-0.05, 0) is 44.1 Å². The van der Waals surface area contributed by atoms with Crippen molar-refractivity contribution in [2.45, 2.75) is 57.9 Å². The average molecular weight is 413 g/mol. The van der Waals surface area contributed by atoms with Crippen LogP contribution in [0.1, 0.15) is 51.9 Å². The highest BCUT2D eigenvalue weighted by Gasteiger charge is 2.27. The molecule has 1 saturated heterocycles. The molecule has 0 aliphatic carbocycles. The number of likely N-dealkylation sites (tertiary alicyclic amines) is 1. The molecular weight excluding hydrogens is 382 g/mol. The maximum absolute atomic E-state index is 12.7. The maximum atomic E-state index is 12.7. The number of carboxylic acid groups (broad SMARTS) is 1. The third-order valence-electron chi connectivity index (χ3n) is 4.70. The second-order valence-electron chi connectivity index (χ2n) is 6.92. The van der Waals surface area contributed by atoms with Crippen molar-refractivity contribution >= 4 is 17.8 Å². The number of azide groups is 1. The van der Waals surface area contributed by atoms with E-state index in [1.165, 1.54) is 0 Å². The Kier molecular flexibility index (Phi) is 12.4. The predicted octanol–water partition coefficient (Wildman–Crippen LogP) is 2.02. The third-order valence-corrected chi connectivity index (χ3v) is 4.70. The first-order valence-electron chi connectivity index (χ1n) is 10.0. The van der Waals surface area contributed by atoms with E-state index in [-0.39, 0.29) is 24.7 Å². The van der Waals surface area contributed by atoms with Gasteiger partial charge >= 0.3 is 5.97 Å². The molecule has 11 nitrogen and oxygen atoms in total. The molecule has 0 bridgehead atoms. The highest BCUT2D eigenvalue weighted by molar-refractivity contribution is 5.82. The second-order valence-corrected chi connectivity index (χ2v) is 6.92. The number of unbranched alkanes of at least 4 members (excludes halogenated alkanes) is 1. The summed E-state index contributed by atoms with van der Waals surface area (Å²) in [6, 6.07) is -0.751. The first-order chi connectivity index (χ1) is 14.0. The number of carbonyl (C=O) groups excluding carboxylic acids is 2. The van der Waals surface area contributed by atoms with E-state index >= 15 is 0 Å². The standard InChI is InChI=1S/C18H31N5O6/c1-2-28-29-13-14-8-11-23(12-9-14)18(27)15(21-22-19)5-3-4-10-20-16(24)6-7-17(25)26/h14-15H,2-13H2,1H3,(H,20,24)(H,25,26)/t15-/m0/s1. The van der Waals surface area contributed by atoms with Crippen molar-refractivity contribution in [3.63, 3.8) is 0 Å². The zero-order valence-corrected chi connectivity index (χ0v) is 16.9. The van der Waals surface area contributed by atoms with Crippen molar-refractivity contribution in [3.8, 4) is 0 Å². The lowest BCUT2D eigenvalue weighted by Crippen LogP contribution is -2.44. The third kappa shape index (κ3) is 10.7. The molecule has 1 atom stereocenters. The van der Waals surface area contributed by atoms with E-state index in [1.807, 2.05) is 6.92 Å². The van der Waals surface area contributed by atoms with Gasteiger partial charge in [0.25, 0.3) is 0 Å². The van der Waals surface area contributed by atoms with Crippen molar-refractivity contribution in [1.82, 2.24) is 10.2 Å². The Hall–Kier alpha value is -2.36. The Balaban J connectivity index is 2.30. The zero-order valence-electron chi connectivity index (χ0n) is 16.9. The normalized spacial score (nSPS) is 15.4. The van der Waals surface area contributed by atoms with Crippen LogP contribution in [0.5, 0.6) is 0 Å². The molecule has 1 aliphatic heterocycles. The Labute approximate surface area is 170 Å². The van der Waals surface area contributed by atoms with Crippen LogP contribution in [0, 0.1) is 5.92 Å². The summed E-state index contributed by atoms with van der Waals surface area (Å²) in [4.78, 5) is 49.0. The average Bonchev–Trinajstić information content (AvgIpc) is 2.71. The monoisotopic (exact) mass is 413 g/mol. The topological polar surface area (TPSA) is 154 Å². The Bertz CT molecular complexity index is 573. The van der Waals surface area contributed by atoms with Crippen LogP contribution in [0.3, 0.4) is 0 Å². The fraction of sp³-hybridized carbons (Fsp3) is 0.833. The molecule has 0 spiro atoms. The Morgan fingerprint density at radius 3 is 2.59 bits per heavy atom. The van der Waals surface area contributed by atoms with Gasteiger partial charge in [-0.1, -0.05) is 11.5 Å². The number of piperidine rings is 1. The number of hydrogen-bond donors (Lipinski definition) is 2. The summed E-state index contributed by atoms with van der Waals surface area (Å²) in [6.07, 6.45) is 2.98. The molecular formula is C18H31N5O6. The largest absolute Gasteiger partial charge is 0.481 e. The van der Waals surface area contributed by atoms with E-state index in [1.54, 1.807) is 4.90 Å². The molecule has 164 valence electrons. The summed E-state index contributed by atoms with van der Waals surface area (Å²) < 4.78 is 0. The molecule has 11 heteroatoms. The van der Waals surface area contributed by atoms with Gasteiger partial charge in [0.15, 0.2) is 0 Å². The molecule has 1 heterocycles. The van der Waals surface area contributed by atoms with E-state index in [4.69, 9.17) is 20.4 Å². The summed E-state index contributed by atoms with van der Waals surface area (Å²) in [5.41, 5.74) is 8.78. The molecule has 0 radical (unpaired) electrons. The molecule has 0 unspecified atom stereocenters. The van der Waals surface area contributed by atoms with Crippen LogP contribution in [0.2, 0.25) is 0 Å². The number of carbonyl (C=O) groups is 3. The molecule has 2 N–H and O–H groups in total. The van der Waals surface area contributed by atoms with Crippen molar-refractivity contribution in [1.29, 1.82) is 0 Å². The number of nitrogens with zero attached hydrogens (tertiary/aromatic N) is 4. The van der Waals surface area contributed by atoms with Crippen LogP contribution >= 0.6 is 0 Å². The summed E-state index contributed by atoms with van der Waals surface area (Å²) in [6.45, 7) is 4.43. The molecule has 0 saturated carbocycles. The van der Waals surface area contributed by atoms with Gasteiger partial charge < -0.3 is 15.3 Å². The SMILES string of the molecule is CCOOCC1CCN(C(=O)[C@H](CCCCNC(=O)CCC(=O)O)N=[N+]=[N-])CC1. The lowest BCUT2D eigenvalue weighted by Gasteiger charge is -2.33. The number of amides is 2. The number of carboxylic acids is 1. The van der Waals surface area contributed by atoms with Crippen LogP contribution in [-0.2, 0) is 24.2 Å². The van der Waals surface area contributed by atoms with Gasteiger partial charge in [-0.2, -0.15) is 0 Å². The first kappa shape index (κ1) is 24.7. The van der Waals surface area contributed by atoms with Crippen LogP contribution in [0.15, 0.2) is 5.11 Å². The number of hydrogen-bond acceptors (Lipinski definition) is 6. The van der Waals surface area contributed by atoms with Gasteiger partial charge in [0.2, 0.25) is 11.8 Å². The molecule has 1 aliphatic rings. The van der Waals surface area contributed by atoms with Crippen LogP contribution < -0.4 is 5.32 Å². The Morgan fingerprint density at radius 2 is 1.97 bits per heavy atom. The van der Waals surface area contributed by atoms with Crippen LogP contribution in [0.25, 0.3) is 10.4 Å². The van der Waals surface area contributed by atoms with Gasteiger partial charge in [-0.25, -0.2) is 9.78 Å². The minimum Gasteiger partial charge on any atom is -0.481 e. The van der Waals surface area contributed by atoms with Crippen molar-refractivity contribution in [2.75, 3.05) is 32.8 Å². The highest BCUT2D eigenvalue weighted by atomic mass is 17.2. The van der Waals surface area contributed by atoms with Gasteiger partial charge in [0.05, 0.1) is 19.6 Å². The summed E-state index contributed by atoms with van der Waals surface area (Å²) in [5, 5.41) is 14.8. The minimum absolute atomic E-state index is 0.0548. The first-order valence-corrected chi connectivity index (χ1v) is 10.0. The van der Waals surface area contributed by atoms with E-state index in [0.717, 1.165) is 12.8 Å². The zero-order chi connectivity index (χ0) is 21.5. The van der Waals surface area contributed by atoms with Crippen LogP contribution in [-0.4, -0.2) is 66.7 Å². The number of nitrogens with one attached hydrogen (secondary N) is 1. The minimum atomic E-state index is -1.01. The second kappa shape index (κ2) is 14.6. The summed E-state index contributed by atoms with van der Waals surface area (Å²) in [7, 11) is 0. The fourth-order valence-corrected chi connectivity index (χ4v) is 3.05. The molecule has 1 fully saturated rings. The van der Waals surface area contributed by atoms with Crippen molar-refractivity contribution in [2.24, 2.45) is 11.0 Å². The number of aliphatic carboxylic acids is 1. The van der Waals surface area contributed by atoms with Crippen molar-refractivity contribution < 1.29 is 29.3 Å². The van der Waals surface area contributed by atoms with Gasteiger partial charge in [-0.3, -0.25) is 14.4 Å². The summed E-state index contributed by atoms with van der Waals surface area (Å²) >= 11 is 0. The van der Waals surface area contributed by atoms with Gasteiger partial charge in [0.1, 0.15) is 6.04 Å². The smallest absolute Gasteiger partial charge is 0.303 e. The Morgan fingerprint density at radius 1 is 1.24 bits per heavy atom. The van der Waals surface area contributed by atoms with E-state index < -0.39 is 12.0 Å². The maximum Gasteiger partial charge on any atom is 0.303 e. The molecule has 29 heavy (non-hydrogen) atoms. The van der Waals surface area contributed by atoms with Crippen LogP contribution in [0.4, 0.5) is 0 Å². The lowest BCUT2D eigenvalue weighted by atomic mass is 9.97. The highest BCUT2D eigenvalue weighted by Crippen LogP contribution is 2.20.